The Morgan fingerprint density at radius 2 is 1.56 bits per heavy atom. The molecule has 0 saturated heterocycles. The van der Waals surface area contributed by atoms with Crippen molar-refractivity contribution in [2.75, 3.05) is 0 Å². The van der Waals surface area contributed by atoms with Gasteiger partial charge in [-0.25, -0.2) is 13.2 Å². The third-order valence-corrected chi connectivity index (χ3v) is 3.56. The first kappa shape index (κ1) is 15.2. The van der Waals surface area contributed by atoms with Crippen LogP contribution in [0, 0.1) is 17.5 Å². The fourth-order valence-corrected chi connectivity index (χ4v) is 2.37. The van der Waals surface area contributed by atoms with Crippen LogP contribution in [0.15, 0.2) is 59.1 Å². The lowest BCUT2D eigenvalue weighted by molar-refractivity contribution is 0.391. The van der Waals surface area contributed by atoms with Crippen LogP contribution < -0.4 is 4.74 Å². The van der Waals surface area contributed by atoms with Gasteiger partial charge in [0.1, 0.15) is 11.5 Å². The van der Waals surface area contributed by atoms with Crippen molar-refractivity contribution >= 4 is 11.1 Å². The van der Waals surface area contributed by atoms with Gasteiger partial charge in [-0.2, -0.15) is 4.98 Å². The Labute approximate surface area is 139 Å². The van der Waals surface area contributed by atoms with E-state index in [9.17, 15) is 13.2 Å². The average molecular weight is 342 g/mol. The van der Waals surface area contributed by atoms with Crippen LogP contribution >= 0.6 is 0 Å². The molecule has 0 fully saturated rings. The van der Waals surface area contributed by atoms with Crippen LogP contribution in [0.1, 0.15) is 0 Å². The van der Waals surface area contributed by atoms with Crippen molar-refractivity contribution < 1.29 is 22.4 Å². The van der Waals surface area contributed by atoms with Crippen LogP contribution in [-0.4, -0.2) is 10.1 Å². The first-order chi connectivity index (χ1) is 12.1. The quantitative estimate of drug-likeness (QED) is 0.520. The van der Waals surface area contributed by atoms with Crippen LogP contribution in [0.4, 0.5) is 13.2 Å². The minimum Gasteiger partial charge on any atom is -0.433 e. The van der Waals surface area contributed by atoms with Crippen molar-refractivity contribution in [1.82, 2.24) is 10.1 Å². The van der Waals surface area contributed by atoms with Gasteiger partial charge in [0.15, 0.2) is 11.6 Å². The Kier molecular flexibility index (Phi) is 3.61. The van der Waals surface area contributed by atoms with E-state index in [1.54, 1.807) is 18.2 Å². The van der Waals surface area contributed by atoms with Crippen LogP contribution in [0.25, 0.3) is 22.4 Å². The van der Waals surface area contributed by atoms with Crippen molar-refractivity contribution in [3.05, 3.63) is 72.0 Å². The fourth-order valence-electron chi connectivity index (χ4n) is 2.37. The van der Waals surface area contributed by atoms with Crippen molar-refractivity contribution in [2.24, 2.45) is 0 Å². The molecule has 4 rings (SSSR count). The first-order valence-electron chi connectivity index (χ1n) is 7.26. The van der Waals surface area contributed by atoms with Crippen molar-refractivity contribution in [2.45, 2.75) is 0 Å². The Balaban J connectivity index is 1.71. The molecule has 0 N–H and O–H groups in total. The van der Waals surface area contributed by atoms with Gasteiger partial charge < -0.3 is 9.26 Å². The number of pyridine rings is 1. The number of hydrogen-bond acceptors (Lipinski definition) is 4. The number of halogens is 3. The zero-order valence-electron chi connectivity index (χ0n) is 12.5. The van der Waals surface area contributed by atoms with E-state index < -0.39 is 17.4 Å². The first-order valence-corrected chi connectivity index (χ1v) is 7.26. The summed E-state index contributed by atoms with van der Waals surface area (Å²) in [6.45, 7) is 0. The van der Waals surface area contributed by atoms with E-state index in [0.717, 1.165) is 12.1 Å². The molecule has 0 radical (unpaired) electrons. The molecule has 0 saturated carbocycles. The largest absolute Gasteiger partial charge is 0.433 e. The summed E-state index contributed by atoms with van der Waals surface area (Å²) in [4.78, 5) is 4.06. The highest BCUT2D eigenvalue weighted by Crippen LogP contribution is 2.31. The Bertz CT molecular complexity index is 1040. The highest BCUT2D eigenvalue weighted by atomic mass is 19.1. The van der Waals surface area contributed by atoms with Crippen LogP contribution in [-0.2, 0) is 0 Å². The minimum absolute atomic E-state index is 0.0432. The number of rotatable bonds is 3. The Morgan fingerprint density at radius 3 is 2.28 bits per heavy atom. The van der Waals surface area contributed by atoms with Crippen LogP contribution in [0.3, 0.4) is 0 Å². The van der Waals surface area contributed by atoms with Crippen LogP contribution in [0.2, 0.25) is 0 Å². The second-order valence-electron chi connectivity index (χ2n) is 5.19. The number of nitrogens with zero attached hydrogens (tertiary/aromatic N) is 2. The van der Waals surface area contributed by atoms with Crippen molar-refractivity contribution in [3.8, 4) is 22.9 Å². The summed E-state index contributed by atoms with van der Waals surface area (Å²) in [7, 11) is 0. The normalized spacial score (nSPS) is 11.0. The molecule has 4 nitrogen and oxygen atoms in total. The van der Waals surface area contributed by atoms with E-state index in [0.29, 0.717) is 16.6 Å². The number of para-hydroxylation sites is 1. The summed E-state index contributed by atoms with van der Waals surface area (Å²) in [5, 5.41) is 4.48. The second-order valence-corrected chi connectivity index (χ2v) is 5.19. The monoisotopic (exact) mass is 342 g/mol. The van der Waals surface area contributed by atoms with Crippen LogP contribution in [0.5, 0.6) is 11.6 Å². The summed E-state index contributed by atoms with van der Waals surface area (Å²) >= 11 is 0. The molecule has 0 atom stereocenters. The molecule has 0 aliphatic carbocycles. The maximum absolute atomic E-state index is 13.6. The molecule has 124 valence electrons. The van der Waals surface area contributed by atoms with Gasteiger partial charge in [-0.15, -0.1) is 0 Å². The SMILES string of the molecule is Fc1ccc(-c2noc3nc(Oc4c(F)cccc4F)ccc23)cc1. The van der Waals surface area contributed by atoms with Gasteiger partial charge in [0.2, 0.25) is 11.6 Å². The molecule has 0 amide bonds. The third-order valence-electron chi connectivity index (χ3n) is 3.56. The lowest BCUT2D eigenvalue weighted by Crippen LogP contribution is -1.94. The number of fused-ring (bicyclic) bond motifs is 1. The van der Waals surface area contributed by atoms with E-state index in [4.69, 9.17) is 9.26 Å². The lowest BCUT2D eigenvalue weighted by atomic mass is 10.1. The van der Waals surface area contributed by atoms with E-state index in [2.05, 4.69) is 10.1 Å². The van der Waals surface area contributed by atoms with Gasteiger partial charge in [-0.05, 0) is 42.5 Å². The fraction of sp³-hybridized carbons (Fsp3) is 0. The molecule has 0 spiro atoms. The van der Waals surface area contributed by atoms with E-state index >= 15 is 0 Å². The molecule has 2 heterocycles. The standard InChI is InChI=1S/C18H9F3N2O2/c19-11-6-4-10(5-7-11)16-12-8-9-15(22-18(12)25-23-16)24-17-13(20)2-1-3-14(17)21/h1-9H. The zero-order chi connectivity index (χ0) is 17.4. The Hall–Kier alpha value is -3.35. The minimum atomic E-state index is -0.841. The molecule has 4 aromatic rings. The van der Waals surface area contributed by atoms with E-state index in [1.807, 2.05) is 0 Å². The molecule has 2 aromatic heterocycles. The smallest absolute Gasteiger partial charge is 0.261 e. The Morgan fingerprint density at radius 1 is 0.840 bits per heavy atom. The second kappa shape index (κ2) is 5.94. The molecule has 0 unspecified atom stereocenters. The lowest BCUT2D eigenvalue weighted by Gasteiger charge is -2.06. The highest BCUT2D eigenvalue weighted by molar-refractivity contribution is 5.89. The zero-order valence-corrected chi connectivity index (χ0v) is 12.5. The molecule has 25 heavy (non-hydrogen) atoms. The van der Waals surface area contributed by atoms with Crippen molar-refractivity contribution in [3.63, 3.8) is 0 Å². The topological polar surface area (TPSA) is 48.2 Å². The van der Waals surface area contributed by atoms with E-state index in [1.165, 1.54) is 24.3 Å². The summed E-state index contributed by atoms with van der Waals surface area (Å²) in [5.41, 5.74) is 1.26. The third kappa shape index (κ3) is 2.80. The maximum Gasteiger partial charge on any atom is 0.261 e. The van der Waals surface area contributed by atoms with E-state index in [-0.39, 0.29) is 17.4 Å². The summed E-state index contributed by atoms with van der Waals surface area (Å²) < 4.78 is 50.7. The maximum atomic E-state index is 13.6. The molecular formula is C18H9F3N2O2. The van der Waals surface area contributed by atoms with Gasteiger partial charge >= 0.3 is 0 Å². The summed E-state index contributed by atoms with van der Waals surface area (Å²) in [5.74, 6) is -2.64. The number of hydrogen-bond donors (Lipinski definition) is 0. The molecule has 0 bridgehead atoms. The molecule has 2 aromatic carbocycles. The van der Waals surface area contributed by atoms with Gasteiger partial charge in [0.05, 0.1) is 5.39 Å². The number of aromatic nitrogens is 2. The van der Waals surface area contributed by atoms with Gasteiger partial charge in [-0.1, -0.05) is 11.2 Å². The predicted octanol–water partition coefficient (Wildman–Crippen LogP) is 5.10. The molecule has 0 aliphatic heterocycles. The summed E-state index contributed by atoms with van der Waals surface area (Å²) in [6.07, 6.45) is 0. The molecule has 0 aliphatic rings. The number of benzene rings is 2. The summed E-state index contributed by atoms with van der Waals surface area (Å²) in [6, 6.07) is 12.2. The predicted molar refractivity (Wildman–Crippen MR) is 83.6 cm³/mol. The number of ether oxygens (including phenoxy) is 1. The highest BCUT2D eigenvalue weighted by Gasteiger charge is 2.15. The van der Waals surface area contributed by atoms with Crippen molar-refractivity contribution in [1.29, 1.82) is 0 Å². The molecular weight excluding hydrogens is 333 g/mol. The molecule has 7 heteroatoms. The van der Waals surface area contributed by atoms with Gasteiger partial charge in [0.25, 0.3) is 5.71 Å². The van der Waals surface area contributed by atoms with Gasteiger partial charge in [0, 0.05) is 11.6 Å². The van der Waals surface area contributed by atoms with Gasteiger partial charge in [-0.3, -0.25) is 0 Å². The average Bonchev–Trinajstić information content (AvgIpc) is 3.02.